The molecule has 0 spiro atoms. The molecule has 3 N–H and O–H groups in total. The number of hydrogen-bond acceptors (Lipinski definition) is 5. The van der Waals surface area contributed by atoms with E-state index in [1.54, 1.807) is 6.08 Å². The predicted octanol–water partition coefficient (Wildman–Crippen LogP) is 19.0. The Labute approximate surface area is 424 Å². The van der Waals surface area contributed by atoms with Crippen molar-refractivity contribution in [2.24, 2.45) is 0 Å². The van der Waals surface area contributed by atoms with Gasteiger partial charge in [-0.25, -0.2) is 0 Å². The molecular formula is C62H119NO5. The molecule has 0 aromatic heterocycles. The fourth-order valence-electron chi connectivity index (χ4n) is 9.51. The molecule has 0 aliphatic rings. The van der Waals surface area contributed by atoms with Crippen LogP contribution in [0.1, 0.15) is 335 Å². The summed E-state index contributed by atoms with van der Waals surface area (Å²) in [6.07, 6.45) is 70.6. The minimum Gasteiger partial charge on any atom is -0.466 e. The zero-order valence-electron chi connectivity index (χ0n) is 45.9. The first-order valence-corrected chi connectivity index (χ1v) is 30.6. The van der Waals surface area contributed by atoms with Crippen molar-refractivity contribution in [3.63, 3.8) is 0 Å². The molecule has 0 aliphatic heterocycles. The van der Waals surface area contributed by atoms with Crippen molar-refractivity contribution in [3.8, 4) is 0 Å². The molecule has 0 fully saturated rings. The van der Waals surface area contributed by atoms with E-state index in [0.29, 0.717) is 19.4 Å². The number of esters is 1. The smallest absolute Gasteiger partial charge is 0.305 e. The first kappa shape index (κ1) is 66.3. The zero-order chi connectivity index (χ0) is 49.3. The van der Waals surface area contributed by atoms with E-state index in [1.165, 1.54) is 250 Å². The second kappa shape index (κ2) is 57.9. The van der Waals surface area contributed by atoms with Crippen LogP contribution in [0.15, 0.2) is 24.3 Å². The van der Waals surface area contributed by atoms with Gasteiger partial charge in [0.05, 0.1) is 25.4 Å². The van der Waals surface area contributed by atoms with Crippen LogP contribution in [-0.2, 0) is 14.3 Å². The third-order valence-electron chi connectivity index (χ3n) is 14.2. The summed E-state index contributed by atoms with van der Waals surface area (Å²) in [6.45, 7) is 4.87. The molecule has 0 aliphatic carbocycles. The lowest BCUT2D eigenvalue weighted by Crippen LogP contribution is -2.45. The maximum absolute atomic E-state index is 12.5. The quantitative estimate of drug-likeness (QED) is 0.0321. The Hall–Kier alpha value is -1.66. The number of allylic oxidation sites excluding steroid dienone is 3. The minimum absolute atomic E-state index is 0.0204. The third-order valence-corrected chi connectivity index (χ3v) is 14.2. The van der Waals surface area contributed by atoms with Gasteiger partial charge < -0.3 is 20.3 Å². The summed E-state index contributed by atoms with van der Waals surface area (Å²) < 4.78 is 5.48. The van der Waals surface area contributed by atoms with E-state index in [1.807, 2.05) is 6.08 Å². The molecule has 0 aromatic rings. The van der Waals surface area contributed by atoms with Crippen LogP contribution in [0.2, 0.25) is 0 Å². The molecule has 0 radical (unpaired) electrons. The van der Waals surface area contributed by atoms with Crippen molar-refractivity contribution in [3.05, 3.63) is 24.3 Å². The van der Waals surface area contributed by atoms with Gasteiger partial charge in [-0.15, -0.1) is 0 Å². The number of aliphatic hydroxyl groups is 2. The maximum Gasteiger partial charge on any atom is 0.305 e. The average molecular weight is 959 g/mol. The van der Waals surface area contributed by atoms with Crippen LogP contribution in [0.4, 0.5) is 0 Å². The van der Waals surface area contributed by atoms with Crippen LogP contribution >= 0.6 is 0 Å². The highest BCUT2D eigenvalue weighted by Crippen LogP contribution is 2.17. The van der Waals surface area contributed by atoms with E-state index in [-0.39, 0.29) is 18.5 Å². The highest BCUT2D eigenvalue weighted by Gasteiger charge is 2.18. The lowest BCUT2D eigenvalue weighted by atomic mass is 10.0. The van der Waals surface area contributed by atoms with Gasteiger partial charge in [0.25, 0.3) is 0 Å². The SMILES string of the molecule is CCCCCCCC/C=C\CCCCCCCCCCCC(=O)OCCCCCCCCCCCCC(=O)NC(CO)C(O)/C=C/CCCCCCCCCCCCCCCCCCCCCC. The Morgan fingerprint density at radius 1 is 0.397 bits per heavy atom. The fraction of sp³-hybridized carbons (Fsp3) is 0.903. The number of amides is 1. The summed E-state index contributed by atoms with van der Waals surface area (Å²) in [4.78, 5) is 24.6. The largest absolute Gasteiger partial charge is 0.466 e. The Morgan fingerprint density at radius 2 is 0.691 bits per heavy atom. The van der Waals surface area contributed by atoms with Gasteiger partial charge in [-0.2, -0.15) is 0 Å². The predicted molar refractivity (Wildman–Crippen MR) is 296 cm³/mol. The van der Waals surface area contributed by atoms with Gasteiger partial charge in [0.1, 0.15) is 0 Å². The Bertz CT molecular complexity index is 1060. The first-order chi connectivity index (χ1) is 33.5. The van der Waals surface area contributed by atoms with Gasteiger partial charge >= 0.3 is 5.97 Å². The number of aliphatic hydroxyl groups excluding tert-OH is 2. The van der Waals surface area contributed by atoms with Gasteiger partial charge in [-0.3, -0.25) is 9.59 Å². The van der Waals surface area contributed by atoms with Crippen LogP contribution in [-0.4, -0.2) is 47.4 Å². The highest BCUT2D eigenvalue weighted by molar-refractivity contribution is 5.76. The average Bonchev–Trinajstić information content (AvgIpc) is 3.34. The second-order valence-electron chi connectivity index (χ2n) is 21.0. The van der Waals surface area contributed by atoms with Crippen molar-refractivity contribution < 1.29 is 24.5 Å². The van der Waals surface area contributed by atoms with Crippen LogP contribution in [0.25, 0.3) is 0 Å². The molecule has 2 unspecified atom stereocenters. The normalized spacial score (nSPS) is 12.7. The molecular weight excluding hydrogens is 839 g/mol. The molecule has 1 amide bonds. The van der Waals surface area contributed by atoms with Gasteiger partial charge in [-0.05, 0) is 57.8 Å². The first-order valence-electron chi connectivity index (χ1n) is 30.6. The Kier molecular flexibility index (Phi) is 56.5. The van der Waals surface area contributed by atoms with Gasteiger partial charge in [-0.1, -0.05) is 289 Å². The summed E-state index contributed by atoms with van der Waals surface area (Å²) in [5, 5.41) is 23.2. The van der Waals surface area contributed by atoms with Crippen molar-refractivity contribution in [1.82, 2.24) is 5.32 Å². The van der Waals surface area contributed by atoms with Crippen LogP contribution in [0.5, 0.6) is 0 Å². The number of carbonyl (C=O) groups excluding carboxylic acids is 2. The van der Waals surface area contributed by atoms with Gasteiger partial charge in [0.15, 0.2) is 0 Å². The number of nitrogens with one attached hydrogen (secondary N) is 1. The molecule has 0 saturated carbocycles. The summed E-state index contributed by atoms with van der Waals surface area (Å²) in [7, 11) is 0. The molecule has 6 nitrogen and oxygen atoms in total. The van der Waals surface area contributed by atoms with E-state index in [4.69, 9.17) is 4.74 Å². The fourth-order valence-corrected chi connectivity index (χ4v) is 9.51. The summed E-state index contributed by atoms with van der Waals surface area (Å²) in [5.41, 5.74) is 0. The Balaban J connectivity index is 3.48. The van der Waals surface area contributed by atoms with E-state index < -0.39 is 12.1 Å². The highest BCUT2D eigenvalue weighted by atomic mass is 16.5. The third kappa shape index (κ3) is 53.7. The second-order valence-corrected chi connectivity index (χ2v) is 21.0. The van der Waals surface area contributed by atoms with E-state index in [2.05, 4.69) is 31.3 Å². The molecule has 6 heteroatoms. The number of rotatable bonds is 57. The number of carbonyl (C=O) groups is 2. The molecule has 2 atom stereocenters. The molecule has 0 aromatic carbocycles. The van der Waals surface area contributed by atoms with Gasteiger partial charge in [0, 0.05) is 12.8 Å². The number of hydrogen-bond donors (Lipinski definition) is 3. The molecule has 402 valence electrons. The van der Waals surface area contributed by atoms with Crippen LogP contribution < -0.4 is 5.32 Å². The maximum atomic E-state index is 12.5. The number of unbranched alkanes of at least 4 members (excludes halogenated alkanes) is 44. The van der Waals surface area contributed by atoms with Crippen molar-refractivity contribution in [2.45, 2.75) is 347 Å². The van der Waals surface area contributed by atoms with Crippen molar-refractivity contribution in [1.29, 1.82) is 0 Å². The van der Waals surface area contributed by atoms with Crippen molar-refractivity contribution >= 4 is 11.9 Å². The summed E-state index contributed by atoms with van der Waals surface area (Å²) >= 11 is 0. The van der Waals surface area contributed by atoms with E-state index >= 15 is 0 Å². The number of ether oxygens (including phenoxy) is 1. The minimum atomic E-state index is -0.860. The van der Waals surface area contributed by atoms with Crippen LogP contribution in [0.3, 0.4) is 0 Å². The van der Waals surface area contributed by atoms with Crippen LogP contribution in [0, 0.1) is 0 Å². The molecule has 0 saturated heterocycles. The summed E-state index contributed by atoms with van der Waals surface area (Å²) in [5.74, 6) is -0.108. The topological polar surface area (TPSA) is 95.9 Å². The molecule has 68 heavy (non-hydrogen) atoms. The van der Waals surface area contributed by atoms with Gasteiger partial charge in [0.2, 0.25) is 5.91 Å². The van der Waals surface area contributed by atoms with E-state index in [0.717, 1.165) is 57.8 Å². The molecule has 0 heterocycles. The lowest BCUT2D eigenvalue weighted by molar-refractivity contribution is -0.143. The molecule has 0 rings (SSSR count). The molecule has 0 bridgehead atoms. The van der Waals surface area contributed by atoms with E-state index in [9.17, 15) is 19.8 Å². The zero-order valence-corrected chi connectivity index (χ0v) is 45.9. The lowest BCUT2D eigenvalue weighted by Gasteiger charge is -2.20. The monoisotopic (exact) mass is 958 g/mol. The standard InChI is InChI=1S/C62H119NO5/c1-3-5-7-9-11-13-15-17-19-21-23-24-25-27-28-30-32-34-38-42-46-50-54-60(65)59(58-64)63-61(66)55-51-47-43-39-36-37-41-45-49-53-57-68-62(67)56-52-48-44-40-35-33-31-29-26-22-20-18-16-14-12-10-8-6-4-2/h18,20,50,54,59-60,64-65H,3-17,19,21-49,51-53,55-58H2,1-2H3,(H,63,66)/b20-18-,54-50+. The Morgan fingerprint density at radius 3 is 1.04 bits per heavy atom. The summed E-state index contributed by atoms with van der Waals surface area (Å²) in [6, 6.07) is -0.646. The van der Waals surface area contributed by atoms with Crippen molar-refractivity contribution in [2.75, 3.05) is 13.2 Å².